The smallest absolute Gasteiger partial charge is 0.326 e. The maximum Gasteiger partial charge on any atom is 0.326 e. The molecule has 0 radical (unpaired) electrons. The second-order valence-electron chi connectivity index (χ2n) is 6.01. The molecule has 4 heteroatoms. The molecule has 3 rings (SSSR count). The van der Waals surface area contributed by atoms with Crippen molar-refractivity contribution in [1.29, 1.82) is 0 Å². The van der Waals surface area contributed by atoms with E-state index in [9.17, 15) is 4.79 Å². The Kier molecular flexibility index (Phi) is 3.32. The predicted molar refractivity (Wildman–Crippen MR) is 69.4 cm³/mol. The van der Waals surface area contributed by atoms with Gasteiger partial charge in [-0.05, 0) is 52.0 Å². The Labute approximate surface area is 109 Å². The van der Waals surface area contributed by atoms with E-state index in [1.165, 1.54) is 32.2 Å². The standard InChI is InChI=1S/C14H24N2O2/c1-2-18-13(17)14(15-11-5-6-11)7-9-16-8-3-4-12(16)10-14/h11-12,15H,2-10H2,1H3. The topological polar surface area (TPSA) is 41.6 Å². The molecule has 18 heavy (non-hydrogen) atoms. The van der Waals surface area contributed by atoms with Gasteiger partial charge in [0.15, 0.2) is 0 Å². The molecule has 0 amide bonds. The molecule has 0 bridgehead atoms. The molecule has 1 aliphatic carbocycles. The average molecular weight is 252 g/mol. The molecular formula is C14H24N2O2. The summed E-state index contributed by atoms with van der Waals surface area (Å²) in [6.45, 7) is 4.64. The van der Waals surface area contributed by atoms with Crippen LogP contribution in [0.3, 0.4) is 0 Å². The Morgan fingerprint density at radius 3 is 2.94 bits per heavy atom. The van der Waals surface area contributed by atoms with Crippen molar-refractivity contribution in [3.8, 4) is 0 Å². The van der Waals surface area contributed by atoms with Gasteiger partial charge in [-0.15, -0.1) is 0 Å². The number of esters is 1. The fourth-order valence-electron chi connectivity index (χ4n) is 3.52. The lowest BCUT2D eigenvalue weighted by atomic mass is 9.83. The van der Waals surface area contributed by atoms with Crippen LogP contribution in [-0.4, -0.2) is 48.2 Å². The van der Waals surface area contributed by atoms with E-state index in [4.69, 9.17) is 4.74 Å². The van der Waals surface area contributed by atoms with E-state index in [2.05, 4.69) is 10.2 Å². The van der Waals surface area contributed by atoms with Crippen LogP contribution in [0, 0.1) is 0 Å². The highest BCUT2D eigenvalue weighted by Gasteiger charge is 2.49. The van der Waals surface area contributed by atoms with Gasteiger partial charge in [0, 0.05) is 18.6 Å². The van der Waals surface area contributed by atoms with E-state index < -0.39 is 0 Å². The van der Waals surface area contributed by atoms with Crippen LogP contribution in [0.4, 0.5) is 0 Å². The second kappa shape index (κ2) is 4.82. The maximum atomic E-state index is 12.4. The first kappa shape index (κ1) is 12.4. The SMILES string of the molecule is CCOC(=O)C1(NC2CC2)CCN2CCCC2C1. The van der Waals surface area contributed by atoms with Crippen LogP contribution in [0.15, 0.2) is 0 Å². The summed E-state index contributed by atoms with van der Waals surface area (Å²) in [6, 6.07) is 1.15. The van der Waals surface area contributed by atoms with Gasteiger partial charge in [0.25, 0.3) is 0 Å². The predicted octanol–water partition coefficient (Wildman–Crippen LogP) is 1.30. The molecule has 1 saturated carbocycles. The van der Waals surface area contributed by atoms with Crippen molar-refractivity contribution in [2.24, 2.45) is 0 Å². The summed E-state index contributed by atoms with van der Waals surface area (Å²) in [5.41, 5.74) is -0.386. The van der Waals surface area contributed by atoms with Crippen molar-refractivity contribution in [1.82, 2.24) is 10.2 Å². The van der Waals surface area contributed by atoms with E-state index >= 15 is 0 Å². The summed E-state index contributed by atoms with van der Waals surface area (Å²) in [4.78, 5) is 14.9. The summed E-state index contributed by atoms with van der Waals surface area (Å²) in [7, 11) is 0. The molecular weight excluding hydrogens is 228 g/mol. The third-order valence-electron chi connectivity index (χ3n) is 4.63. The van der Waals surface area contributed by atoms with Crippen molar-refractivity contribution < 1.29 is 9.53 Å². The van der Waals surface area contributed by atoms with E-state index in [0.717, 1.165) is 19.4 Å². The first-order valence-corrected chi connectivity index (χ1v) is 7.42. The lowest BCUT2D eigenvalue weighted by molar-refractivity contribution is -0.154. The van der Waals surface area contributed by atoms with Gasteiger partial charge in [-0.1, -0.05) is 0 Å². The second-order valence-corrected chi connectivity index (χ2v) is 6.01. The molecule has 2 atom stereocenters. The summed E-state index contributed by atoms with van der Waals surface area (Å²) in [6.07, 6.45) is 6.83. The molecule has 2 saturated heterocycles. The molecule has 0 aromatic heterocycles. The minimum absolute atomic E-state index is 0.0107. The largest absolute Gasteiger partial charge is 0.465 e. The van der Waals surface area contributed by atoms with Gasteiger partial charge >= 0.3 is 5.97 Å². The van der Waals surface area contributed by atoms with Gasteiger partial charge in [-0.3, -0.25) is 10.1 Å². The minimum atomic E-state index is -0.386. The Bertz CT molecular complexity index is 330. The normalized spacial score (nSPS) is 36.4. The molecule has 2 unspecified atom stereocenters. The Morgan fingerprint density at radius 1 is 1.39 bits per heavy atom. The molecule has 3 aliphatic rings. The third-order valence-corrected chi connectivity index (χ3v) is 4.63. The van der Waals surface area contributed by atoms with E-state index in [1.807, 2.05) is 6.92 Å². The number of hydrogen-bond donors (Lipinski definition) is 1. The van der Waals surface area contributed by atoms with Gasteiger partial charge in [-0.25, -0.2) is 0 Å². The van der Waals surface area contributed by atoms with Crippen molar-refractivity contribution in [3.05, 3.63) is 0 Å². The Morgan fingerprint density at radius 2 is 2.22 bits per heavy atom. The average Bonchev–Trinajstić information content (AvgIpc) is 3.05. The number of nitrogens with one attached hydrogen (secondary N) is 1. The van der Waals surface area contributed by atoms with E-state index in [1.54, 1.807) is 0 Å². The Hall–Kier alpha value is -0.610. The number of nitrogens with zero attached hydrogens (tertiary/aromatic N) is 1. The molecule has 102 valence electrons. The number of carbonyl (C=O) groups is 1. The quantitative estimate of drug-likeness (QED) is 0.766. The number of fused-ring (bicyclic) bond motifs is 1. The molecule has 0 aromatic rings. The van der Waals surface area contributed by atoms with Crippen LogP contribution in [-0.2, 0) is 9.53 Å². The Balaban J connectivity index is 1.74. The molecule has 0 aromatic carbocycles. The highest BCUT2D eigenvalue weighted by atomic mass is 16.5. The summed E-state index contributed by atoms with van der Waals surface area (Å²) in [5.74, 6) is -0.0107. The lowest BCUT2D eigenvalue weighted by Crippen LogP contribution is -2.61. The van der Waals surface area contributed by atoms with Crippen LogP contribution >= 0.6 is 0 Å². The van der Waals surface area contributed by atoms with Gasteiger partial charge in [0.1, 0.15) is 5.54 Å². The van der Waals surface area contributed by atoms with Crippen LogP contribution in [0.2, 0.25) is 0 Å². The lowest BCUT2D eigenvalue weighted by Gasteiger charge is -2.43. The van der Waals surface area contributed by atoms with Crippen molar-refractivity contribution >= 4 is 5.97 Å². The summed E-state index contributed by atoms with van der Waals surface area (Å²) < 4.78 is 5.34. The minimum Gasteiger partial charge on any atom is -0.465 e. The van der Waals surface area contributed by atoms with Crippen LogP contribution < -0.4 is 5.32 Å². The van der Waals surface area contributed by atoms with Crippen LogP contribution in [0.25, 0.3) is 0 Å². The van der Waals surface area contributed by atoms with E-state index in [0.29, 0.717) is 18.7 Å². The zero-order valence-electron chi connectivity index (χ0n) is 11.3. The highest BCUT2D eigenvalue weighted by Crippen LogP contribution is 2.36. The fourth-order valence-corrected chi connectivity index (χ4v) is 3.52. The van der Waals surface area contributed by atoms with Crippen molar-refractivity contribution in [2.45, 2.75) is 63.1 Å². The molecule has 0 spiro atoms. The summed E-state index contributed by atoms with van der Waals surface area (Å²) in [5, 5.41) is 3.60. The first-order chi connectivity index (χ1) is 8.73. The number of piperidine rings is 1. The van der Waals surface area contributed by atoms with Gasteiger partial charge in [-0.2, -0.15) is 0 Å². The maximum absolute atomic E-state index is 12.4. The first-order valence-electron chi connectivity index (χ1n) is 7.42. The molecule has 2 heterocycles. The van der Waals surface area contributed by atoms with Crippen molar-refractivity contribution in [3.63, 3.8) is 0 Å². The van der Waals surface area contributed by atoms with Gasteiger partial charge < -0.3 is 9.64 Å². The molecule has 4 nitrogen and oxygen atoms in total. The van der Waals surface area contributed by atoms with Crippen LogP contribution in [0.5, 0.6) is 0 Å². The van der Waals surface area contributed by atoms with Crippen molar-refractivity contribution in [2.75, 3.05) is 19.7 Å². The number of rotatable bonds is 4. The number of ether oxygens (including phenoxy) is 1. The molecule has 1 N–H and O–H groups in total. The third kappa shape index (κ3) is 2.28. The molecule has 2 aliphatic heterocycles. The summed E-state index contributed by atoms with van der Waals surface area (Å²) >= 11 is 0. The number of hydrogen-bond acceptors (Lipinski definition) is 4. The monoisotopic (exact) mass is 252 g/mol. The zero-order chi connectivity index (χ0) is 12.6. The highest BCUT2D eigenvalue weighted by molar-refractivity contribution is 5.81. The zero-order valence-corrected chi connectivity index (χ0v) is 11.3. The van der Waals surface area contributed by atoms with Crippen LogP contribution in [0.1, 0.15) is 45.4 Å². The van der Waals surface area contributed by atoms with Gasteiger partial charge in [0.05, 0.1) is 6.61 Å². The molecule has 3 fully saturated rings. The fraction of sp³-hybridized carbons (Fsp3) is 0.929. The van der Waals surface area contributed by atoms with E-state index in [-0.39, 0.29) is 11.5 Å². The number of carbonyl (C=O) groups excluding carboxylic acids is 1. The van der Waals surface area contributed by atoms with Gasteiger partial charge in [0.2, 0.25) is 0 Å².